The molecule has 136 valence electrons. The molecule has 11 heteroatoms. The summed E-state index contributed by atoms with van der Waals surface area (Å²) in [6.07, 6.45) is 0.0954. The van der Waals surface area contributed by atoms with Gasteiger partial charge in [-0.3, -0.25) is 4.79 Å². The number of carbonyl (C=O) groups is 1. The highest BCUT2D eigenvalue weighted by molar-refractivity contribution is 7.90. The lowest BCUT2D eigenvalue weighted by molar-refractivity contribution is -0.119. The Morgan fingerprint density at radius 2 is 1.88 bits per heavy atom. The molecule has 0 fully saturated rings. The van der Waals surface area contributed by atoms with E-state index in [0.29, 0.717) is 5.56 Å². The molecule has 2 rings (SSSR count). The van der Waals surface area contributed by atoms with Gasteiger partial charge in [0.05, 0.1) is 4.34 Å². The standard InChI is InChI=1S/C14H11Cl2F2NO4S2/c15-11-7-10(13(16)24-11)25(21,22)19-12(20)6-3-8-1-4-9(5-2-8)23-14(17)18/h1-2,4-5,7,14H,3,6H2,(H,19,20). The summed E-state index contributed by atoms with van der Waals surface area (Å²) in [5, 5.41) is 0. The number of thiophene rings is 1. The average molecular weight is 430 g/mol. The van der Waals surface area contributed by atoms with Crippen LogP contribution < -0.4 is 9.46 Å². The van der Waals surface area contributed by atoms with E-state index in [2.05, 4.69) is 4.74 Å². The zero-order valence-corrected chi connectivity index (χ0v) is 15.5. The number of benzene rings is 1. The third-order valence-corrected chi connectivity index (χ3v) is 6.08. The number of hydrogen-bond acceptors (Lipinski definition) is 5. The molecule has 0 radical (unpaired) electrons. The molecule has 0 aliphatic carbocycles. The molecule has 5 nitrogen and oxygen atoms in total. The van der Waals surface area contributed by atoms with Crippen LogP contribution in [0, 0.1) is 0 Å². The summed E-state index contributed by atoms with van der Waals surface area (Å²) < 4.78 is 54.5. The molecule has 0 atom stereocenters. The van der Waals surface area contributed by atoms with Crippen molar-refractivity contribution in [1.29, 1.82) is 0 Å². The van der Waals surface area contributed by atoms with Gasteiger partial charge in [-0.2, -0.15) is 8.78 Å². The van der Waals surface area contributed by atoms with Gasteiger partial charge in [0, 0.05) is 6.42 Å². The molecule has 0 unspecified atom stereocenters. The van der Waals surface area contributed by atoms with Gasteiger partial charge < -0.3 is 4.74 Å². The first kappa shape index (κ1) is 19.9. The van der Waals surface area contributed by atoms with Crippen LogP contribution in [-0.4, -0.2) is 20.9 Å². The predicted octanol–water partition coefficient (Wildman–Crippen LogP) is 4.09. The molecule has 25 heavy (non-hydrogen) atoms. The van der Waals surface area contributed by atoms with Gasteiger partial charge in [-0.25, -0.2) is 13.1 Å². The highest BCUT2D eigenvalue weighted by Gasteiger charge is 2.23. The maximum Gasteiger partial charge on any atom is 0.387 e. The Kier molecular flexibility index (Phi) is 6.61. The lowest BCUT2D eigenvalue weighted by atomic mass is 10.1. The van der Waals surface area contributed by atoms with Gasteiger partial charge in [-0.1, -0.05) is 35.3 Å². The van der Waals surface area contributed by atoms with Gasteiger partial charge in [-0.15, -0.1) is 11.3 Å². The van der Waals surface area contributed by atoms with E-state index in [1.807, 2.05) is 4.72 Å². The SMILES string of the molecule is O=C(CCc1ccc(OC(F)F)cc1)NS(=O)(=O)c1cc(Cl)sc1Cl. The Morgan fingerprint density at radius 3 is 2.40 bits per heavy atom. The summed E-state index contributed by atoms with van der Waals surface area (Å²) in [6, 6.07) is 6.85. The van der Waals surface area contributed by atoms with E-state index in [0.717, 1.165) is 17.4 Å². The quantitative estimate of drug-likeness (QED) is 0.718. The van der Waals surface area contributed by atoms with Crippen molar-refractivity contribution in [3.05, 3.63) is 44.6 Å². The summed E-state index contributed by atoms with van der Waals surface area (Å²) in [7, 11) is -4.10. The van der Waals surface area contributed by atoms with Crippen molar-refractivity contribution < 1.29 is 26.7 Å². The third-order valence-electron chi connectivity index (χ3n) is 2.95. The molecule has 1 N–H and O–H groups in total. The number of rotatable bonds is 7. The summed E-state index contributed by atoms with van der Waals surface area (Å²) in [5.74, 6) is -0.735. The van der Waals surface area contributed by atoms with Crippen molar-refractivity contribution in [2.45, 2.75) is 24.3 Å². The number of alkyl halides is 2. The van der Waals surface area contributed by atoms with Crippen LogP contribution in [0.3, 0.4) is 0 Å². The Labute approximate surface area is 156 Å². The highest BCUT2D eigenvalue weighted by atomic mass is 35.5. The van der Waals surface area contributed by atoms with E-state index in [-0.39, 0.29) is 32.2 Å². The molecule has 0 aliphatic heterocycles. The van der Waals surface area contributed by atoms with Gasteiger partial charge in [0.1, 0.15) is 15.0 Å². The first-order chi connectivity index (χ1) is 11.7. The van der Waals surface area contributed by atoms with Gasteiger partial charge in [-0.05, 0) is 30.2 Å². The first-order valence-corrected chi connectivity index (χ1v) is 9.77. The van der Waals surface area contributed by atoms with Gasteiger partial charge in [0.15, 0.2) is 0 Å². The fourth-order valence-corrected chi connectivity index (χ4v) is 5.02. The smallest absolute Gasteiger partial charge is 0.387 e. The second-order valence-corrected chi connectivity index (χ2v) is 8.68. The molecule has 0 bridgehead atoms. The van der Waals surface area contributed by atoms with Crippen molar-refractivity contribution in [1.82, 2.24) is 4.72 Å². The minimum Gasteiger partial charge on any atom is -0.435 e. The van der Waals surface area contributed by atoms with E-state index in [4.69, 9.17) is 23.2 Å². The second kappa shape index (κ2) is 8.31. The van der Waals surface area contributed by atoms with Crippen molar-refractivity contribution in [3.8, 4) is 5.75 Å². The maximum absolute atomic E-state index is 12.1. The minimum atomic E-state index is -4.10. The fourth-order valence-electron chi connectivity index (χ4n) is 1.86. The van der Waals surface area contributed by atoms with Crippen LogP contribution in [-0.2, 0) is 21.2 Å². The molecule has 1 aromatic heterocycles. The van der Waals surface area contributed by atoms with Crippen molar-refractivity contribution in [2.75, 3.05) is 0 Å². The summed E-state index contributed by atoms with van der Waals surface area (Å²) in [5.41, 5.74) is 0.658. The maximum atomic E-state index is 12.1. The zero-order valence-electron chi connectivity index (χ0n) is 12.3. The van der Waals surface area contributed by atoms with Crippen LogP contribution in [0.25, 0.3) is 0 Å². The van der Waals surface area contributed by atoms with E-state index in [9.17, 15) is 22.0 Å². The van der Waals surface area contributed by atoms with E-state index in [1.165, 1.54) is 24.3 Å². The summed E-state index contributed by atoms with van der Waals surface area (Å²) in [4.78, 5) is 11.6. The molecule has 1 aromatic carbocycles. The predicted molar refractivity (Wildman–Crippen MR) is 91.1 cm³/mol. The summed E-state index contributed by atoms with van der Waals surface area (Å²) >= 11 is 12.3. The number of aryl methyl sites for hydroxylation is 1. The zero-order chi connectivity index (χ0) is 18.6. The number of nitrogens with one attached hydrogen (secondary N) is 1. The van der Waals surface area contributed by atoms with Crippen LogP contribution in [0.5, 0.6) is 5.75 Å². The molecule has 0 saturated carbocycles. The Morgan fingerprint density at radius 1 is 1.24 bits per heavy atom. The lowest BCUT2D eigenvalue weighted by Gasteiger charge is -2.07. The largest absolute Gasteiger partial charge is 0.435 e. The van der Waals surface area contributed by atoms with Crippen LogP contribution >= 0.6 is 34.5 Å². The molecular formula is C14H11Cl2F2NO4S2. The Hall–Kier alpha value is -1.42. The first-order valence-electron chi connectivity index (χ1n) is 6.71. The van der Waals surface area contributed by atoms with Crippen molar-refractivity contribution in [2.24, 2.45) is 0 Å². The number of amides is 1. The van der Waals surface area contributed by atoms with E-state index in [1.54, 1.807) is 0 Å². The molecule has 0 saturated heterocycles. The molecule has 1 heterocycles. The Bertz CT molecular complexity index is 854. The number of halogens is 4. The third kappa shape index (κ3) is 5.81. The van der Waals surface area contributed by atoms with Gasteiger partial charge >= 0.3 is 6.61 Å². The van der Waals surface area contributed by atoms with Crippen LogP contribution in [0.15, 0.2) is 35.2 Å². The highest BCUT2D eigenvalue weighted by Crippen LogP contribution is 2.34. The van der Waals surface area contributed by atoms with Crippen molar-refractivity contribution >= 4 is 50.5 Å². The lowest BCUT2D eigenvalue weighted by Crippen LogP contribution is -2.30. The number of hydrogen-bond donors (Lipinski definition) is 1. The number of ether oxygens (including phenoxy) is 1. The van der Waals surface area contributed by atoms with Crippen LogP contribution in [0.1, 0.15) is 12.0 Å². The number of carbonyl (C=O) groups excluding carboxylic acids is 1. The van der Waals surface area contributed by atoms with E-state index < -0.39 is 22.5 Å². The van der Waals surface area contributed by atoms with Gasteiger partial charge in [0.2, 0.25) is 5.91 Å². The topological polar surface area (TPSA) is 72.5 Å². The molecular weight excluding hydrogens is 419 g/mol. The van der Waals surface area contributed by atoms with E-state index >= 15 is 0 Å². The van der Waals surface area contributed by atoms with Crippen LogP contribution in [0.2, 0.25) is 8.67 Å². The fraction of sp³-hybridized carbons (Fsp3) is 0.214. The molecule has 0 aliphatic rings. The normalized spacial score (nSPS) is 11.6. The Balaban J connectivity index is 1.93. The molecule has 1 amide bonds. The van der Waals surface area contributed by atoms with Crippen molar-refractivity contribution in [3.63, 3.8) is 0 Å². The van der Waals surface area contributed by atoms with Gasteiger partial charge in [0.25, 0.3) is 10.0 Å². The van der Waals surface area contributed by atoms with Crippen LogP contribution in [0.4, 0.5) is 8.78 Å². The monoisotopic (exact) mass is 429 g/mol. The average Bonchev–Trinajstić information content (AvgIpc) is 2.85. The second-order valence-electron chi connectivity index (χ2n) is 4.74. The number of sulfonamides is 1. The minimum absolute atomic E-state index is 0.00485. The molecule has 0 spiro atoms. The molecule has 2 aromatic rings. The summed E-state index contributed by atoms with van der Waals surface area (Å²) in [6.45, 7) is -2.92.